The minimum absolute atomic E-state index is 0.584. The molecule has 0 spiro atoms. The summed E-state index contributed by atoms with van der Waals surface area (Å²) in [5, 5.41) is 5.83. The Morgan fingerprint density at radius 3 is 1.47 bits per heavy atom. The molecule has 330 valence electrons. The maximum absolute atomic E-state index is 5.42. The van der Waals surface area contributed by atoms with Gasteiger partial charge in [-0.2, -0.15) is 0 Å². The Morgan fingerprint density at radius 2 is 0.857 bits per heavy atom. The maximum atomic E-state index is 5.42. The number of hydrogen-bond donors (Lipinski definition) is 0. The van der Waals surface area contributed by atoms with Gasteiger partial charge < -0.3 is 13.7 Å². The van der Waals surface area contributed by atoms with Crippen molar-refractivity contribution >= 4 is 66.7 Å². The molecule has 0 fully saturated rings. The number of aromatic nitrogens is 6. The molecule has 0 amide bonds. The SMILES string of the molecule is C=Cc1c(/C=C\C)n(-c2ccccc2)c2c(-c3nc(-c4ccccc4)nc(-c4ccc5c6c(-c7cccc8c7c7ccccc7n8-c7ccccc7)cccc6n(-c6ccccc6)c5c4)n3)cccc12. The van der Waals surface area contributed by atoms with Crippen molar-refractivity contribution in [1.29, 1.82) is 0 Å². The second-order valence-electron chi connectivity index (χ2n) is 17.5. The first-order valence-corrected chi connectivity index (χ1v) is 23.7. The van der Waals surface area contributed by atoms with Gasteiger partial charge in [0.25, 0.3) is 0 Å². The molecule has 13 aromatic rings. The zero-order valence-corrected chi connectivity index (χ0v) is 38.4. The van der Waals surface area contributed by atoms with E-state index in [0.717, 1.165) is 72.3 Å². The van der Waals surface area contributed by atoms with Crippen molar-refractivity contribution in [1.82, 2.24) is 28.7 Å². The molecule has 0 radical (unpaired) electrons. The molecule has 13 rings (SSSR count). The summed E-state index contributed by atoms with van der Waals surface area (Å²) in [5.41, 5.74) is 15.9. The van der Waals surface area contributed by atoms with Gasteiger partial charge in [0.1, 0.15) is 0 Å². The molecule has 6 nitrogen and oxygen atoms in total. The van der Waals surface area contributed by atoms with Crippen LogP contribution in [0.4, 0.5) is 0 Å². The summed E-state index contributed by atoms with van der Waals surface area (Å²) in [6.07, 6.45) is 6.18. The number of allylic oxidation sites excluding steroid dienone is 1. The zero-order valence-electron chi connectivity index (χ0n) is 38.4. The predicted molar refractivity (Wildman–Crippen MR) is 292 cm³/mol. The monoisotopic (exact) mass is 896 g/mol. The highest BCUT2D eigenvalue weighted by Crippen LogP contribution is 2.45. The lowest BCUT2D eigenvalue weighted by molar-refractivity contribution is 1.06. The summed E-state index contributed by atoms with van der Waals surface area (Å²) in [6.45, 7) is 6.33. The number of hydrogen-bond acceptors (Lipinski definition) is 3. The van der Waals surface area contributed by atoms with Crippen molar-refractivity contribution in [3.8, 4) is 62.4 Å². The lowest BCUT2D eigenvalue weighted by Crippen LogP contribution is -2.03. The quantitative estimate of drug-likeness (QED) is 0.145. The number of benzene rings is 9. The molecule has 6 heteroatoms. The third kappa shape index (κ3) is 6.45. The summed E-state index contributed by atoms with van der Waals surface area (Å²) < 4.78 is 7.08. The van der Waals surface area contributed by atoms with Crippen LogP contribution in [-0.2, 0) is 0 Å². The first-order chi connectivity index (χ1) is 34.7. The van der Waals surface area contributed by atoms with Crippen LogP contribution in [0.2, 0.25) is 0 Å². The van der Waals surface area contributed by atoms with Crippen LogP contribution in [-0.4, -0.2) is 28.7 Å². The standard InChI is InChI=1S/C64H44N6/c1-3-22-54-47(4-2)50-34-19-35-53(61(50)70(54)46-29-15-8-16-30-46)64-66-62(42-23-9-5-10-24-42)65-63(67-64)43-39-40-52-58(41-43)69(45-27-13-7-14-28-45)57-38-21-33-49(60(52)57)48-32-20-37-56-59(48)51-31-17-18-36-55(51)68(56)44-25-11-6-12-26-44/h3-41H,2H2,1H3/b22-3-. The van der Waals surface area contributed by atoms with Crippen LogP contribution in [0.15, 0.2) is 231 Å². The minimum Gasteiger partial charge on any atom is -0.309 e. The van der Waals surface area contributed by atoms with E-state index in [0.29, 0.717) is 17.5 Å². The predicted octanol–water partition coefficient (Wildman–Crippen LogP) is 16.4. The molecule has 0 saturated carbocycles. The molecule has 0 aliphatic heterocycles. The second kappa shape index (κ2) is 16.7. The maximum Gasteiger partial charge on any atom is 0.166 e. The van der Waals surface area contributed by atoms with Crippen molar-refractivity contribution in [2.45, 2.75) is 6.92 Å². The number of rotatable bonds is 9. The fraction of sp³-hybridized carbons (Fsp3) is 0.0156. The molecule has 4 aromatic heterocycles. The summed E-state index contributed by atoms with van der Waals surface area (Å²) in [7, 11) is 0. The van der Waals surface area contributed by atoms with Crippen LogP contribution >= 0.6 is 0 Å². The topological polar surface area (TPSA) is 53.5 Å². The van der Waals surface area contributed by atoms with Gasteiger partial charge in [-0.05, 0) is 90.9 Å². The van der Waals surface area contributed by atoms with E-state index >= 15 is 0 Å². The van der Waals surface area contributed by atoms with E-state index in [2.05, 4.69) is 227 Å². The summed E-state index contributed by atoms with van der Waals surface area (Å²) in [5.74, 6) is 1.77. The molecule has 0 bridgehead atoms. The van der Waals surface area contributed by atoms with Crippen LogP contribution in [0.25, 0.3) is 129 Å². The third-order valence-electron chi connectivity index (χ3n) is 13.6. The van der Waals surface area contributed by atoms with Gasteiger partial charge in [0, 0.05) is 66.2 Å². The van der Waals surface area contributed by atoms with Gasteiger partial charge in [0.05, 0.1) is 33.3 Å². The molecular weight excluding hydrogens is 853 g/mol. The Balaban J connectivity index is 1.07. The summed E-state index contributed by atoms with van der Waals surface area (Å²) in [6, 6.07) is 77.3. The fourth-order valence-electron chi connectivity index (χ4n) is 10.7. The Labute approximate surface area is 405 Å². The Kier molecular flexibility index (Phi) is 9.77. The first-order valence-electron chi connectivity index (χ1n) is 23.7. The van der Waals surface area contributed by atoms with Gasteiger partial charge in [0.2, 0.25) is 0 Å². The Hall–Kier alpha value is -9.39. The molecule has 0 atom stereocenters. The van der Waals surface area contributed by atoms with Gasteiger partial charge >= 0.3 is 0 Å². The second-order valence-corrected chi connectivity index (χ2v) is 17.5. The largest absolute Gasteiger partial charge is 0.309 e. The highest BCUT2D eigenvalue weighted by molar-refractivity contribution is 6.22. The number of nitrogens with zero attached hydrogens (tertiary/aromatic N) is 6. The van der Waals surface area contributed by atoms with E-state index in [1.165, 1.54) is 38.3 Å². The zero-order chi connectivity index (χ0) is 46.7. The van der Waals surface area contributed by atoms with Crippen LogP contribution in [0.5, 0.6) is 0 Å². The van der Waals surface area contributed by atoms with E-state index < -0.39 is 0 Å². The molecule has 0 aliphatic carbocycles. The third-order valence-corrected chi connectivity index (χ3v) is 13.6. The fourth-order valence-corrected chi connectivity index (χ4v) is 10.7. The molecule has 0 saturated heterocycles. The number of para-hydroxylation sites is 5. The minimum atomic E-state index is 0.584. The molecule has 70 heavy (non-hydrogen) atoms. The molecule has 0 unspecified atom stereocenters. The molecule has 9 aromatic carbocycles. The van der Waals surface area contributed by atoms with Crippen molar-refractivity contribution in [2.24, 2.45) is 0 Å². The van der Waals surface area contributed by atoms with Crippen molar-refractivity contribution in [3.63, 3.8) is 0 Å². The lowest BCUT2D eigenvalue weighted by atomic mass is 9.95. The molecule has 0 N–H and O–H groups in total. The Morgan fingerprint density at radius 1 is 0.386 bits per heavy atom. The number of fused-ring (bicyclic) bond motifs is 7. The summed E-state index contributed by atoms with van der Waals surface area (Å²) in [4.78, 5) is 16.0. The van der Waals surface area contributed by atoms with Crippen molar-refractivity contribution in [3.05, 3.63) is 242 Å². The average Bonchev–Trinajstić information content (AvgIpc) is 4.07. The van der Waals surface area contributed by atoms with Gasteiger partial charge in [-0.3, -0.25) is 0 Å². The molecule has 0 aliphatic rings. The average molecular weight is 897 g/mol. The van der Waals surface area contributed by atoms with Gasteiger partial charge in [-0.15, -0.1) is 0 Å². The van der Waals surface area contributed by atoms with E-state index in [4.69, 9.17) is 15.0 Å². The van der Waals surface area contributed by atoms with E-state index in [1.807, 2.05) is 37.3 Å². The first kappa shape index (κ1) is 40.8. The summed E-state index contributed by atoms with van der Waals surface area (Å²) >= 11 is 0. The highest BCUT2D eigenvalue weighted by Gasteiger charge is 2.24. The lowest BCUT2D eigenvalue weighted by Gasteiger charge is -2.13. The van der Waals surface area contributed by atoms with Gasteiger partial charge in [-0.25, -0.2) is 15.0 Å². The van der Waals surface area contributed by atoms with Gasteiger partial charge in [0.15, 0.2) is 17.5 Å². The van der Waals surface area contributed by atoms with Crippen LogP contribution in [0.1, 0.15) is 18.2 Å². The molecule has 4 heterocycles. The highest BCUT2D eigenvalue weighted by atomic mass is 15.1. The van der Waals surface area contributed by atoms with Crippen LogP contribution < -0.4 is 0 Å². The van der Waals surface area contributed by atoms with E-state index in [9.17, 15) is 0 Å². The molecular formula is C64H44N6. The van der Waals surface area contributed by atoms with Crippen LogP contribution in [0, 0.1) is 0 Å². The van der Waals surface area contributed by atoms with E-state index in [1.54, 1.807) is 0 Å². The normalized spacial score (nSPS) is 11.8. The van der Waals surface area contributed by atoms with E-state index in [-0.39, 0.29) is 0 Å². The van der Waals surface area contributed by atoms with Crippen molar-refractivity contribution < 1.29 is 0 Å². The van der Waals surface area contributed by atoms with Crippen LogP contribution in [0.3, 0.4) is 0 Å². The van der Waals surface area contributed by atoms with Crippen molar-refractivity contribution in [2.75, 3.05) is 0 Å². The van der Waals surface area contributed by atoms with Gasteiger partial charge in [-0.1, -0.05) is 170 Å². The smallest absolute Gasteiger partial charge is 0.166 e. The Bertz CT molecular complexity index is 4180.